The molecule has 0 saturated heterocycles. The van der Waals surface area contributed by atoms with Gasteiger partial charge in [-0.25, -0.2) is 8.42 Å². The first kappa shape index (κ1) is 28.7. The molecule has 0 spiro atoms. The first-order valence-electron chi connectivity index (χ1n) is 14.3. The number of amides is 1. The number of carbonyl (C=O) groups is 1. The van der Waals surface area contributed by atoms with Crippen LogP contribution in [0, 0.1) is 0 Å². The Balaban J connectivity index is 1.38. The Hall–Kier alpha value is -4.39. The summed E-state index contributed by atoms with van der Waals surface area (Å²) >= 11 is 6.64. The van der Waals surface area contributed by atoms with Crippen molar-refractivity contribution in [2.75, 3.05) is 10.8 Å². The Morgan fingerprint density at radius 1 is 0.767 bits per heavy atom. The van der Waals surface area contributed by atoms with Gasteiger partial charge in [-0.15, -0.1) is 0 Å². The van der Waals surface area contributed by atoms with Gasteiger partial charge in [-0.3, -0.25) is 9.10 Å². The van der Waals surface area contributed by atoms with Crippen molar-refractivity contribution >= 4 is 33.2 Å². The van der Waals surface area contributed by atoms with Gasteiger partial charge in [0.2, 0.25) is 0 Å². The number of para-hydroxylation sites is 1. The van der Waals surface area contributed by atoms with E-state index in [-0.39, 0.29) is 34.0 Å². The molecule has 1 unspecified atom stereocenters. The molecule has 0 radical (unpaired) electrons. The number of halogens is 1. The fourth-order valence-electron chi connectivity index (χ4n) is 5.72. The fourth-order valence-corrected chi connectivity index (χ4v) is 7.40. The standard InChI is InChI=1S/C36H31ClN2O3S/c37-34-21-20-31(43(41,42)39(30-17-8-3-9-18-30)26-28-14-6-2-7-15-28)25-33(34)36(40)38-23-22-29-16-10-11-19-32(29)35(38)24-27-12-4-1-5-13-27/h1-21,25,35H,22-24,26H2. The maximum atomic E-state index is 14.3. The summed E-state index contributed by atoms with van der Waals surface area (Å²) in [6, 6.07) is 40.9. The number of sulfonamides is 1. The molecule has 5 nitrogen and oxygen atoms in total. The zero-order valence-corrected chi connectivity index (χ0v) is 25.1. The van der Waals surface area contributed by atoms with E-state index in [1.54, 1.807) is 24.3 Å². The maximum absolute atomic E-state index is 14.3. The van der Waals surface area contributed by atoms with E-state index in [2.05, 4.69) is 24.3 Å². The summed E-state index contributed by atoms with van der Waals surface area (Å²) in [5.74, 6) is -0.285. The molecule has 0 N–H and O–H groups in total. The summed E-state index contributed by atoms with van der Waals surface area (Å²) in [4.78, 5) is 16.1. The van der Waals surface area contributed by atoms with E-state index in [4.69, 9.17) is 11.6 Å². The second-order valence-corrected chi connectivity index (χ2v) is 12.9. The highest BCUT2D eigenvalue weighted by atomic mass is 35.5. The highest BCUT2D eigenvalue weighted by Crippen LogP contribution is 2.36. The Morgan fingerprint density at radius 3 is 2.07 bits per heavy atom. The number of carbonyl (C=O) groups excluding carboxylic acids is 1. The van der Waals surface area contributed by atoms with Crippen LogP contribution in [0.15, 0.2) is 138 Å². The summed E-state index contributed by atoms with van der Waals surface area (Å²) in [6.45, 7) is 0.645. The van der Waals surface area contributed by atoms with Crippen LogP contribution in [0.3, 0.4) is 0 Å². The number of benzene rings is 5. The second kappa shape index (κ2) is 12.5. The predicted octanol–water partition coefficient (Wildman–Crippen LogP) is 7.72. The lowest BCUT2D eigenvalue weighted by Gasteiger charge is -2.38. The molecule has 7 heteroatoms. The topological polar surface area (TPSA) is 57.7 Å². The zero-order chi connectivity index (χ0) is 29.8. The van der Waals surface area contributed by atoms with E-state index < -0.39 is 10.0 Å². The molecule has 1 heterocycles. The quantitative estimate of drug-likeness (QED) is 0.182. The molecule has 0 aromatic heterocycles. The van der Waals surface area contributed by atoms with Crippen LogP contribution in [0.1, 0.15) is 38.7 Å². The molecule has 43 heavy (non-hydrogen) atoms. The first-order valence-corrected chi connectivity index (χ1v) is 16.1. The van der Waals surface area contributed by atoms with Crippen LogP contribution >= 0.6 is 11.6 Å². The smallest absolute Gasteiger partial charge is 0.264 e. The average Bonchev–Trinajstić information content (AvgIpc) is 3.05. The molecule has 0 fully saturated rings. The van der Waals surface area contributed by atoms with Crippen molar-refractivity contribution in [3.8, 4) is 0 Å². The second-order valence-electron chi connectivity index (χ2n) is 10.6. The lowest BCUT2D eigenvalue weighted by atomic mass is 9.88. The van der Waals surface area contributed by atoms with Crippen LogP contribution in [0.5, 0.6) is 0 Å². The third kappa shape index (κ3) is 6.07. The van der Waals surface area contributed by atoms with E-state index in [0.29, 0.717) is 25.1 Å². The third-order valence-corrected chi connectivity index (χ3v) is 10.0. The summed E-state index contributed by atoms with van der Waals surface area (Å²) in [5, 5.41) is 0.218. The molecular formula is C36H31ClN2O3S. The molecule has 6 rings (SSSR count). The molecule has 0 aliphatic carbocycles. The molecule has 0 bridgehead atoms. The van der Waals surface area contributed by atoms with Crippen molar-refractivity contribution in [2.24, 2.45) is 0 Å². The molecule has 1 atom stereocenters. The van der Waals surface area contributed by atoms with Gasteiger partial charge in [-0.1, -0.05) is 115 Å². The number of hydrogen-bond acceptors (Lipinski definition) is 3. The summed E-state index contributed by atoms with van der Waals surface area (Å²) in [7, 11) is -4.06. The Labute approximate surface area is 258 Å². The number of nitrogens with zero attached hydrogens (tertiary/aromatic N) is 2. The van der Waals surface area contributed by atoms with Gasteiger partial charge in [0, 0.05) is 6.54 Å². The molecule has 1 amide bonds. The number of fused-ring (bicyclic) bond motifs is 1. The minimum Gasteiger partial charge on any atom is -0.331 e. The van der Waals surface area contributed by atoms with E-state index in [0.717, 1.165) is 16.7 Å². The number of hydrogen-bond donors (Lipinski definition) is 0. The summed E-state index contributed by atoms with van der Waals surface area (Å²) < 4.78 is 29.8. The molecule has 5 aromatic carbocycles. The van der Waals surface area contributed by atoms with E-state index in [1.807, 2.05) is 71.6 Å². The molecule has 0 saturated carbocycles. The summed E-state index contributed by atoms with van der Waals surface area (Å²) in [5.41, 5.74) is 4.98. The van der Waals surface area contributed by atoms with Gasteiger partial charge in [0.25, 0.3) is 15.9 Å². The van der Waals surface area contributed by atoms with Crippen molar-refractivity contribution in [1.82, 2.24) is 4.90 Å². The zero-order valence-electron chi connectivity index (χ0n) is 23.5. The van der Waals surface area contributed by atoms with Gasteiger partial charge in [-0.2, -0.15) is 0 Å². The largest absolute Gasteiger partial charge is 0.331 e. The number of anilines is 1. The average molecular weight is 607 g/mol. The fraction of sp³-hybridized carbons (Fsp3) is 0.139. The summed E-state index contributed by atoms with van der Waals surface area (Å²) in [6.07, 6.45) is 1.35. The van der Waals surface area contributed by atoms with E-state index >= 15 is 0 Å². The molecule has 1 aliphatic rings. The van der Waals surface area contributed by atoms with Crippen LogP contribution in [0.4, 0.5) is 5.69 Å². The minimum atomic E-state index is -4.06. The van der Waals surface area contributed by atoms with Gasteiger partial charge in [0.15, 0.2) is 0 Å². The van der Waals surface area contributed by atoms with E-state index in [9.17, 15) is 13.2 Å². The van der Waals surface area contributed by atoms with Crippen molar-refractivity contribution in [3.05, 3.63) is 166 Å². The predicted molar refractivity (Wildman–Crippen MR) is 172 cm³/mol. The lowest BCUT2D eigenvalue weighted by molar-refractivity contribution is 0.0660. The van der Waals surface area contributed by atoms with Gasteiger partial charge >= 0.3 is 0 Å². The Bertz CT molecular complexity index is 1830. The van der Waals surface area contributed by atoms with E-state index in [1.165, 1.54) is 28.1 Å². The minimum absolute atomic E-state index is 0.0112. The van der Waals surface area contributed by atoms with Crippen molar-refractivity contribution < 1.29 is 13.2 Å². The third-order valence-electron chi connectivity index (χ3n) is 7.91. The Kier molecular flexibility index (Phi) is 8.32. The highest BCUT2D eigenvalue weighted by molar-refractivity contribution is 7.92. The normalized spacial score (nSPS) is 14.6. The maximum Gasteiger partial charge on any atom is 0.264 e. The van der Waals surface area contributed by atoms with Crippen molar-refractivity contribution in [1.29, 1.82) is 0 Å². The SMILES string of the molecule is O=C(c1cc(S(=O)(=O)N(Cc2ccccc2)c2ccccc2)ccc1Cl)N1CCc2ccccc2C1Cc1ccccc1. The van der Waals surface area contributed by atoms with Crippen molar-refractivity contribution in [3.63, 3.8) is 0 Å². The molecule has 1 aliphatic heterocycles. The molecule has 216 valence electrons. The van der Waals surface area contributed by atoms with Crippen LogP contribution in [0.25, 0.3) is 0 Å². The van der Waals surface area contributed by atoms with Crippen molar-refractivity contribution in [2.45, 2.75) is 30.3 Å². The van der Waals surface area contributed by atoms with Gasteiger partial charge in [-0.05, 0) is 65.4 Å². The van der Waals surface area contributed by atoms with Gasteiger partial charge < -0.3 is 4.90 Å². The molecular weight excluding hydrogens is 576 g/mol. The Morgan fingerprint density at radius 2 is 1.37 bits per heavy atom. The van der Waals surface area contributed by atoms with Crippen LogP contribution in [0.2, 0.25) is 5.02 Å². The van der Waals surface area contributed by atoms with Crippen LogP contribution < -0.4 is 4.31 Å². The monoisotopic (exact) mass is 606 g/mol. The van der Waals surface area contributed by atoms with Crippen LogP contribution in [-0.2, 0) is 29.4 Å². The van der Waals surface area contributed by atoms with Gasteiger partial charge in [0.05, 0.1) is 33.8 Å². The number of rotatable bonds is 8. The first-order chi connectivity index (χ1) is 20.9. The van der Waals surface area contributed by atoms with Gasteiger partial charge in [0.1, 0.15) is 0 Å². The lowest BCUT2D eigenvalue weighted by Crippen LogP contribution is -2.41. The molecule has 5 aromatic rings. The highest BCUT2D eigenvalue weighted by Gasteiger charge is 2.33. The van der Waals surface area contributed by atoms with Crippen LogP contribution in [-0.4, -0.2) is 25.8 Å².